The normalized spacial score (nSPS) is 25.8. The summed E-state index contributed by atoms with van der Waals surface area (Å²) in [6, 6.07) is 4.61. The van der Waals surface area contributed by atoms with Crippen molar-refractivity contribution in [2.24, 2.45) is 10.8 Å². The molecule has 150 valence electrons. The molecule has 2 atom stereocenters. The van der Waals surface area contributed by atoms with Gasteiger partial charge in [-0.15, -0.1) is 0 Å². The number of hydrazone groups is 1. The van der Waals surface area contributed by atoms with Crippen LogP contribution in [0.4, 0.5) is 10.1 Å². The van der Waals surface area contributed by atoms with E-state index >= 15 is 0 Å². The number of halogens is 1. The summed E-state index contributed by atoms with van der Waals surface area (Å²) < 4.78 is 24.5. The number of benzene rings is 1. The van der Waals surface area contributed by atoms with Crippen LogP contribution in [0.1, 0.15) is 25.7 Å². The molecule has 0 radical (unpaired) electrons. The van der Waals surface area contributed by atoms with E-state index in [1.807, 2.05) is 0 Å². The SMILES string of the molecule is NC(=O)C1CC(C(=O)N2CCCCC2C2OCCO2)=NN1c1ccc(F)cc1. The molecule has 1 aromatic rings. The van der Waals surface area contributed by atoms with Crippen LogP contribution in [0.5, 0.6) is 0 Å². The summed E-state index contributed by atoms with van der Waals surface area (Å²) in [5.41, 5.74) is 6.30. The van der Waals surface area contributed by atoms with Gasteiger partial charge in [0.25, 0.3) is 5.91 Å². The van der Waals surface area contributed by atoms with Crippen molar-refractivity contribution < 1.29 is 23.5 Å². The maximum atomic E-state index is 13.2. The number of hydrogen-bond acceptors (Lipinski definition) is 6. The van der Waals surface area contributed by atoms with Gasteiger partial charge in [0, 0.05) is 13.0 Å². The molecule has 2 fully saturated rings. The smallest absolute Gasteiger partial charge is 0.270 e. The highest BCUT2D eigenvalue weighted by atomic mass is 19.1. The first-order chi connectivity index (χ1) is 13.5. The quantitative estimate of drug-likeness (QED) is 0.827. The van der Waals surface area contributed by atoms with Crippen LogP contribution in [0.25, 0.3) is 0 Å². The average Bonchev–Trinajstić information content (AvgIpc) is 3.38. The number of amides is 2. The van der Waals surface area contributed by atoms with E-state index in [0.29, 0.717) is 25.4 Å². The lowest BCUT2D eigenvalue weighted by Gasteiger charge is -2.37. The van der Waals surface area contributed by atoms with Crippen LogP contribution >= 0.6 is 0 Å². The molecule has 28 heavy (non-hydrogen) atoms. The minimum Gasteiger partial charge on any atom is -0.368 e. The number of primary amides is 1. The van der Waals surface area contributed by atoms with E-state index in [9.17, 15) is 14.0 Å². The van der Waals surface area contributed by atoms with E-state index < -0.39 is 24.1 Å². The van der Waals surface area contributed by atoms with Crippen LogP contribution in [0, 0.1) is 5.82 Å². The summed E-state index contributed by atoms with van der Waals surface area (Å²) in [5, 5.41) is 5.78. The lowest BCUT2D eigenvalue weighted by molar-refractivity contribution is -0.144. The molecule has 0 spiro atoms. The van der Waals surface area contributed by atoms with E-state index in [1.165, 1.54) is 29.3 Å². The Hall–Kier alpha value is -2.52. The Morgan fingerprint density at radius 3 is 2.54 bits per heavy atom. The van der Waals surface area contributed by atoms with Crippen molar-refractivity contribution >= 4 is 23.2 Å². The highest BCUT2D eigenvalue weighted by Crippen LogP contribution is 2.29. The molecule has 9 heteroatoms. The Bertz CT molecular complexity index is 779. The van der Waals surface area contributed by atoms with Gasteiger partial charge in [-0.1, -0.05) is 0 Å². The van der Waals surface area contributed by atoms with Gasteiger partial charge < -0.3 is 20.1 Å². The highest BCUT2D eigenvalue weighted by molar-refractivity contribution is 6.40. The third-order valence-electron chi connectivity index (χ3n) is 5.35. The van der Waals surface area contributed by atoms with Gasteiger partial charge in [0.15, 0.2) is 6.29 Å². The molecule has 3 aliphatic rings. The first kappa shape index (κ1) is 18.8. The molecule has 2 saturated heterocycles. The number of anilines is 1. The fraction of sp³-hybridized carbons (Fsp3) is 0.526. The first-order valence-electron chi connectivity index (χ1n) is 9.50. The van der Waals surface area contributed by atoms with Crippen LogP contribution in [-0.2, 0) is 19.1 Å². The monoisotopic (exact) mass is 390 g/mol. The summed E-state index contributed by atoms with van der Waals surface area (Å²) in [6.45, 7) is 1.63. The molecule has 3 aliphatic heterocycles. The minimum absolute atomic E-state index is 0.112. The molecule has 2 unspecified atom stereocenters. The number of rotatable bonds is 4. The maximum absolute atomic E-state index is 13.2. The minimum atomic E-state index is -0.786. The predicted molar refractivity (Wildman–Crippen MR) is 99.0 cm³/mol. The van der Waals surface area contributed by atoms with Crippen LogP contribution in [0.15, 0.2) is 29.4 Å². The van der Waals surface area contributed by atoms with Gasteiger partial charge in [0.1, 0.15) is 17.6 Å². The van der Waals surface area contributed by atoms with Gasteiger partial charge in [-0.25, -0.2) is 4.39 Å². The fourth-order valence-corrected chi connectivity index (χ4v) is 3.95. The third-order valence-corrected chi connectivity index (χ3v) is 5.35. The van der Waals surface area contributed by atoms with Gasteiger partial charge in [0.2, 0.25) is 5.91 Å². The average molecular weight is 390 g/mol. The zero-order valence-electron chi connectivity index (χ0n) is 15.4. The third kappa shape index (κ3) is 3.59. The second kappa shape index (κ2) is 7.84. The molecular weight excluding hydrogens is 367 g/mol. The number of nitrogens with zero attached hydrogens (tertiary/aromatic N) is 3. The topological polar surface area (TPSA) is 97.5 Å². The fourth-order valence-electron chi connectivity index (χ4n) is 3.95. The molecule has 1 aromatic carbocycles. The van der Waals surface area contributed by atoms with Crippen molar-refractivity contribution in [3.8, 4) is 0 Å². The van der Waals surface area contributed by atoms with Gasteiger partial charge in [-0.3, -0.25) is 14.6 Å². The summed E-state index contributed by atoms with van der Waals surface area (Å²) in [7, 11) is 0. The number of carbonyl (C=O) groups excluding carboxylic acids is 2. The van der Waals surface area contributed by atoms with E-state index in [0.717, 1.165) is 19.3 Å². The zero-order valence-corrected chi connectivity index (χ0v) is 15.4. The number of likely N-dealkylation sites (tertiary alicyclic amines) is 1. The standard InChI is InChI=1S/C19H23FN4O4/c20-12-4-6-13(7-5-12)24-16(17(21)25)11-14(22-24)18(26)23-8-2-1-3-15(23)19-27-9-10-28-19/h4-7,15-16,19H,1-3,8-11H2,(H2,21,25). The Labute approximate surface area is 162 Å². The van der Waals surface area contributed by atoms with Gasteiger partial charge in [0.05, 0.1) is 24.9 Å². The molecule has 8 nitrogen and oxygen atoms in total. The summed E-state index contributed by atoms with van der Waals surface area (Å²) in [4.78, 5) is 26.9. The van der Waals surface area contributed by atoms with E-state index in [-0.39, 0.29) is 24.1 Å². The van der Waals surface area contributed by atoms with Gasteiger partial charge >= 0.3 is 0 Å². The molecule has 0 saturated carbocycles. The van der Waals surface area contributed by atoms with Gasteiger partial charge in [-0.2, -0.15) is 5.10 Å². The molecular formula is C19H23FN4O4. The Kier molecular flexibility index (Phi) is 5.27. The van der Waals surface area contributed by atoms with Crippen LogP contribution in [0.3, 0.4) is 0 Å². The summed E-state index contributed by atoms with van der Waals surface area (Å²) in [6.07, 6.45) is 2.37. The van der Waals surface area contributed by atoms with E-state index in [2.05, 4.69) is 5.10 Å². The number of ether oxygens (including phenoxy) is 2. The number of nitrogens with two attached hydrogens (primary N) is 1. The molecule has 2 N–H and O–H groups in total. The molecule has 4 rings (SSSR count). The lowest BCUT2D eigenvalue weighted by Crippen LogP contribution is -2.52. The van der Waals surface area contributed by atoms with Crippen LogP contribution in [0.2, 0.25) is 0 Å². The first-order valence-corrected chi connectivity index (χ1v) is 9.50. The van der Waals surface area contributed by atoms with Crippen molar-refractivity contribution in [3.05, 3.63) is 30.1 Å². The second-order valence-corrected chi connectivity index (χ2v) is 7.16. The van der Waals surface area contributed by atoms with Crippen molar-refractivity contribution in [3.63, 3.8) is 0 Å². The van der Waals surface area contributed by atoms with Gasteiger partial charge in [-0.05, 0) is 43.5 Å². The van der Waals surface area contributed by atoms with E-state index in [1.54, 1.807) is 4.90 Å². The molecule has 0 aromatic heterocycles. The van der Waals surface area contributed by atoms with Crippen molar-refractivity contribution in [2.45, 2.75) is 44.1 Å². The highest BCUT2D eigenvalue weighted by Gasteiger charge is 2.41. The molecule has 2 amide bonds. The molecule has 3 heterocycles. The summed E-state index contributed by atoms with van der Waals surface area (Å²) in [5.74, 6) is -1.22. The van der Waals surface area contributed by atoms with Crippen molar-refractivity contribution in [2.75, 3.05) is 24.8 Å². The summed E-state index contributed by atoms with van der Waals surface area (Å²) >= 11 is 0. The Morgan fingerprint density at radius 2 is 1.86 bits per heavy atom. The number of piperidine rings is 1. The lowest BCUT2D eigenvalue weighted by atomic mass is 10.00. The molecule has 0 aliphatic carbocycles. The largest absolute Gasteiger partial charge is 0.368 e. The second-order valence-electron chi connectivity index (χ2n) is 7.16. The predicted octanol–water partition coefficient (Wildman–Crippen LogP) is 1.000. The van der Waals surface area contributed by atoms with Crippen molar-refractivity contribution in [1.29, 1.82) is 0 Å². The Morgan fingerprint density at radius 1 is 1.14 bits per heavy atom. The van der Waals surface area contributed by atoms with E-state index in [4.69, 9.17) is 15.2 Å². The van der Waals surface area contributed by atoms with Crippen molar-refractivity contribution in [1.82, 2.24) is 4.90 Å². The van der Waals surface area contributed by atoms with Crippen LogP contribution in [-0.4, -0.2) is 60.6 Å². The number of carbonyl (C=O) groups is 2. The zero-order chi connectivity index (χ0) is 19.7. The van der Waals surface area contributed by atoms with Crippen LogP contribution < -0.4 is 10.7 Å². The number of hydrogen-bond donors (Lipinski definition) is 1. The maximum Gasteiger partial charge on any atom is 0.270 e. The molecule has 0 bridgehead atoms. The Balaban J connectivity index is 1.58.